The van der Waals surface area contributed by atoms with Gasteiger partial charge in [-0.25, -0.2) is 9.59 Å². The molecule has 21 heteroatoms. The quantitative estimate of drug-likeness (QED) is 0.0277. The lowest BCUT2D eigenvalue weighted by Gasteiger charge is -2.27. The molecule has 7 rings (SSSR count). The molecule has 1 aromatic rings. The molecule has 106 heavy (non-hydrogen) atoms. The topological polar surface area (TPSA) is 227 Å². The number of aryl methyl sites for hydroxylation is 1. The fourth-order valence-corrected chi connectivity index (χ4v) is 17.3. The molecule has 1 N–H and O–H groups in total. The van der Waals surface area contributed by atoms with E-state index in [0.717, 1.165) is 166 Å². The maximum Gasteiger partial charge on any atom is 0.334 e. The van der Waals surface area contributed by atoms with Crippen molar-refractivity contribution in [2.45, 2.75) is 420 Å². The Balaban J connectivity index is 0.000000338. The molecule has 0 unspecified atom stereocenters. The zero-order chi connectivity index (χ0) is 76.0. The number of aliphatic hydroxyl groups is 1. The van der Waals surface area contributed by atoms with Gasteiger partial charge in [-0.1, -0.05) is 211 Å². The summed E-state index contributed by atoms with van der Waals surface area (Å²) in [5.41, 5.74) is 2.06. The number of hydrogen-bond acceptors (Lipinski definition) is 20. The fraction of sp³-hybridized carbons (Fsp3) is 0.859. The van der Waals surface area contributed by atoms with Crippen LogP contribution in [0, 0.1) is 6.92 Å². The minimum atomic E-state index is -3.98. The molecule has 16 atom stereocenters. The Morgan fingerprint density at radius 2 is 0.698 bits per heavy atom. The van der Waals surface area contributed by atoms with Gasteiger partial charge in [-0.15, -0.1) is 0 Å². The highest BCUT2D eigenvalue weighted by Gasteiger charge is 2.44. The molecule has 0 aliphatic carbocycles. The molecule has 0 bridgehead atoms. The maximum absolute atomic E-state index is 13.1. The van der Waals surface area contributed by atoms with Crippen LogP contribution in [-0.4, -0.2) is 179 Å². The molecule has 4 saturated heterocycles. The van der Waals surface area contributed by atoms with E-state index in [0.29, 0.717) is 37.6 Å². The summed E-state index contributed by atoms with van der Waals surface area (Å²) in [6, 6.07) is 6.62. The smallest absolute Gasteiger partial charge is 0.334 e. The summed E-state index contributed by atoms with van der Waals surface area (Å²) in [6.07, 6.45) is 49.7. The third kappa shape index (κ3) is 35.8. The number of carbonyl (C=O) groups excluding carboxylic acids is 2. The van der Waals surface area contributed by atoms with Crippen molar-refractivity contribution in [3.8, 4) is 0 Å². The molecule has 612 valence electrons. The van der Waals surface area contributed by atoms with Crippen LogP contribution in [0.5, 0.6) is 0 Å². The Morgan fingerprint density at radius 3 is 1.00 bits per heavy atom. The van der Waals surface area contributed by atoms with Crippen LogP contribution < -0.4 is 0 Å². The van der Waals surface area contributed by atoms with Gasteiger partial charge in [-0.3, -0.25) is 4.18 Å². The third-order valence-corrected chi connectivity index (χ3v) is 23.5. The van der Waals surface area contributed by atoms with E-state index >= 15 is 0 Å². The molecular formula is C85H146O20S. The number of benzene rings is 1. The van der Waals surface area contributed by atoms with E-state index < -0.39 is 28.3 Å². The lowest BCUT2D eigenvalue weighted by atomic mass is 9.99. The van der Waals surface area contributed by atoms with Crippen molar-refractivity contribution >= 4 is 22.1 Å². The van der Waals surface area contributed by atoms with E-state index in [9.17, 15) is 23.1 Å². The summed E-state index contributed by atoms with van der Waals surface area (Å²) in [6.45, 7) is 11.2. The van der Waals surface area contributed by atoms with E-state index in [1.807, 2.05) is 19.9 Å². The molecule has 0 aromatic heterocycles. The first-order valence-electron chi connectivity index (χ1n) is 42.1. The van der Waals surface area contributed by atoms with Gasteiger partial charge in [-0.2, -0.15) is 8.42 Å². The lowest BCUT2D eigenvalue weighted by molar-refractivity contribution is -0.158. The number of hydrogen-bond donors (Lipinski definition) is 1. The monoisotopic (exact) mass is 1520 g/mol. The van der Waals surface area contributed by atoms with Gasteiger partial charge in [0.15, 0.2) is 0 Å². The SMILES string of the molecule is CCCCCCCCCC[C@@H](OCOC)[C@H]1CC[C@H]([C@H]2CC[C@H]([C@@H](CCCCCCCC[C@@H](CC3=C[C@@H](C)OC3=O)OS(=O)(=O)c3ccc(C)cc3)OCOC)O2)O1.CCCCCCCCCC[C@@H](OCOC)[C@H]1CC[C@H]([C@H]2CC[C@H]([C@@H](CCCCCCCC[C@H](O)CC3=C[C@@H](C)OC3=O)OCOC)O2)O1. The molecule has 0 radical (unpaired) electrons. The first-order chi connectivity index (χ1) is 51.6. The van der Waals surface area contributed by atoms with Gasteiger partial charge < -0.3 is 71.4 Å². The number of carbonyl (C=O) groups is 2. The van der Waals surface area contributed by atoms with Crippen LogP contribution in [0.25, 0.3) is 0 Å². The Hall–Kier alpha value is -2.97. The van der Waals surface area contributed by atoms with Crippen LogP contribution in [0.15, 0.2) is 52.5 Å². The van der Waals surface area contributed by atoms with Gasteiger partial charge >= 0.3 is 11.9 Å². The molecule has 4 fully saturated rings. The molecule has 20 nitrogen and oxygen atoms in total. The second-order valence-corrected chi connectivity index (χ2v) is 32.8. The highest BCUT2D eigenvalue weighted by atomic mass is 32.2. The first-order valence-corrected chi connectivity index (χ1v) is 43.5. The van der Waals surface area contributed by atoms with Gasteiger partial charge in [0, 0.05) is 52.4 Å². The van der Waals surface area contributed by atoms with Crippen LogP contribution in [-0.2, 0) is 90.2 Å². The van der Waals surface area contributed by atoms with Gasteiger partial charge in [0.2, 0.25) is 0 Å². The second kappa shape index (κ2) is 54.7. The fourth-order valence-electron chi connectivity index (χ4n) is 16.2. The summed E-state index contributed by atoms with van der Waals surface area (Å²) in [4.78, 5) is 24.2. The van der Waals surface area contributed by atoms with E-state index in [-0.39, 0.29) is 116 Å². The number of aliphatic hydroxyl groups excluding tert-OH is 1. The number of cyclic esters (lactones) is 2. The first kappa shape index (κ1) is 91.9. The van der Waals surface area contributed by atoms with Crippen molar-refractivity contribution in [1.82, 2.24) is 0 Å². The number of esters is 2. The molecule has 0 amide bonds. The highest BCUT2D eigenvalue weighted by Crippen LogP contribution is 2.39. The summed E-state index contributed by atoms with van der Waals surface area (Å²) < 4.78 is 115. The minimum Gasteiger partial charge on any atom is -0.455 e. The Morgan fingerprint density at radius 1 is 0.406 bits per heavy atom. The summed E-state index contributed by atoms with van der Waals surface area (Å²) in [5.74, 6) is -0.683. The standard InChI is InChI=1S/C46H76O11S.C39H70O9/c1-6-7-8-9-10-11-15-18-21-40(52-33-50-4)42-27-29-44(55-42)45-30-28-43(56-45)41(53-34-51-5)22-19-16-13-12-14-17-20-38(32-37-31-36(3)54-46(37)47)57-58(48,49)39-25-23-35(2)24-26-39;1-5-6-7-8-9-10-14-17-20-33(44-28-42-3)35-22-24-37(47-35)38-25-23-36(48-38)34(45-29-43-4)21-18-15-12-11-13-16-19-32(40)27-31-26-30(2)46-39(31)41/h23-26,31,36,38,40-45H,6-22,27-30,32-34H2,1-5H3;26,30,32-38,40H,5-25,27-29H2,1-4H3/t36-,38+,40-,41-,42-,43-,44-,45-;30-,32+,33-,34-,35-,36-,37-,38-/m11/s1. The van der Waals surface area contributed by atoms with Crippen molar-refractivity contribution in [3.63, 3.8) is 0 Å². The van der Waals surface area contributed by atoms with Crippen molar-refractivity contribution < 1.29 is 93.6 Å². The lowest BCUT2D eigenvalue weighted by Crippen LogP contribution is -2.35. The second-order valence-electron chi connectivity index (χ2n) is 31.2. The zero-order valence-corrected chi connectivity index (χ0v) is 68.1. The average Bonchev–Trinajstić information content (AvgIpc) is 1.58. The van der Waals surface area contributed by atoms with E-state index in [2.05, 4.69) is 13.8 Å². The van der Waals surface area contributed by atoms with Crippen molar-refractivity contribution in [2.75, 3.05) is 55.6 Å². The van der Waals surface area contributed by atoms with Gasteiger partial charge in [0.25, 0.3) is 10.1 Å². The molecule has 1 aromatic carbocycles. The van der Waals surface area contributed by atoms with Gasteiger partial charge in [0.05, 0.1) is 90.4 Å². The molecular weight excluding hydrogens is 1370 g/mol. The molecule has 6 aliphatic rings. The predicted molar refractivity (Wildman–Crippen MR) is 413 cm³/mol. The number of methoxy groups -OCH3 is 4. The number of ether oxygens (including phenoxy) is 14. The predicted octanol–water partition coefficient (Wildman–Crippen LogP) is 18.4. The van der Waals surface area contributed by atoms with Crippen molar-refractivity contribution in [1.29, 1.82) is 0 Å². The third-order valence-electron chi connectivity index (χ3n) is 22.1. The summed E-state index contributed by atoms with van der Waals surface area (Å²) in [7, 11) is 2.71. The minimum absolute atomic E-state index is 0.0176. The van der Waals surface area contributed by atoms with E-state index in [1.54, 1.807) is 65.7 Å². The molecule has 0 spiro atoms. The van der Waals surface area contributed by atoms with Crippen LogP contribution >= 0.6 is 0 Å². The number of rotatable bonds is 61. The normalized spacial score (nSPS) is 24.9. The van der Waals surface area contributed by atoms with Crippen LogP contribution in [0.2, 0.25) is 0 Å². The highest BCUT2D eigenvalue weighted by molar-refractivity contribution is 7.86. The van der Waals surface area contributed by atoms with Crippen LogP contribution in [0.4, 0.5) is 0 Å². The Labute approximate surface area is 641 Å². The molecule has 0 saturated carbocycles. The Bertz CT molecular complexity index is 2620. The van der Waals surface area contributed by atoms with Gasteiger partial charge in [0.1, 0.15) is 39.4 Å². The van der Waals surface area contributed by atoms with Gasteiger partial charge in [-0.05, 0) is 135 Å². The van der Waals surface area contributed by atoms with Crippen molar-refractivity contribution in [2.24, 2.45) is 0 Å². The summed E-state index contributed by atoms with van der Waals surface area (Å²) in [5, 5.41) is 10.3. The molecule has 6 heterocycles. The van der Waals surface area contributed by atoms with E-state index in [1.165, 1.54) is 103 Å². The summed E-state index contributed by atoms with van der Waals surface area (Å²) >= 11 is 0. The largest absolute Gasteiger partial charge is 0.455 e. The van der Waals surface area contributed by atoms with E-state index in [4.69, 9.17) is 70.5 Å². The van der Waals surface area contributed by atoms with Crippen LogP contribution in [0.3, 0.4) is 0 Å². The Kier molecular flexibility index (Phi) is 47.4. The average molecular weight is 1520 g/mol. The maximum atomic E-state index is 13.1. The zero-order valence-electron chi connectivity index (χ0n) is 67.3. The van der Waals surface area contributed by atoms with Crippen molar-refractivity contribution in [3.05, 3.63) is 53.1 Å². The molecule has 6 aliphatic heterocycles. The van der Waals surface area contributed by atoms with Crippen LogP contribution in [0.1, 0.15) is 316 Å². The number of unbranched alkanes of at least 4 members (excludes halogenated alkanes) is 24.